The Morgan fingerprint density at radius 1 is 0.333 bits per heavy atom. The first-order valence-corrected chi connectivity index (χ1v) is 10.0. The molecule has 33 nitrogen and oxygen atoms in total. The summed E-state index contributed by atoms with van der Waals surface area (Å²) in [6, 6.07) is 0. The molecule has 40 heteroatoms. The third-order valence-corrected chi connectivity index (χ3v) is 1.63. The van der Waals surface area contributed by atoms with Gasteiger partial charge in [0.1, 0.15) is 52.4 Å². The van der Waals surface area contributed by atoms with Crippen LogP contribution in [0, 0.1) is 0 Å². The maximum Gasteiger partial charge on any atom is 0.125 e. The van der Waals surface area contributed by atoms with E-state index in [1.54, 1.807) is 0 Å². The molecule has 334 valence electrons. The smallest absolute Gasteiger partial charge is 0.125 e. The normalized spacial score (nSPS) is 5.21. The summed E-state index contributed by atoms with van der Waals surface area (Å²) in [5.74, 6) is 0. The molecule has 0 rings (SSSR count). The van der Waals surface area contributed by atoms with Gasteiger partial charge in [-0.25, -0.2) is 0 Å². The van der Waals surface area contributed by atoms with Gasteiger partial charge in [-0.2, -0.15) is 15.6 Å². The van der Waals surface area contributed by atoms with Crippen molar-refractivity contribution in [2.24, 2.45) is 0 Å². The van der Waals surface area contributed by atoms with E-state index in [1.165, 1.54) is 0 Å². The van der Waals surface area contributed by atoms with Crippen molar-refractivity contribution in [3.8, 4) is 0 Å². The minimum absolute atomic E-state index is 0. The van der Waals surface area contributed by atoms with E-state index < -0.39 is 15.6 Å². The SMILES string of the molecule is O.O.O.O.O=P([O-])([O-])[O-].O=P([O-])([O-])[O-].[Mo].[Mo].[Mo].[Mo].[Mo].[NH3+]CC[NH2+]CC[NH3+].[NH3+]CC[NH2+]CC[NH3+].[O-2].[O-2].[O-2].[O-2].[O-2].[O-2].[O-2].[O-2].[O-2].[O-2].[O-2].[O-2].[O-2].[O-2].[O-2]. The van der Waals surface area contributed by atoms with Crippen LogP contribution in [0.5, 0.6) is 0 Å². The molecule has 0 bridgehead atoms. The van der Waals surface area contributed by atoms with Crippen LogP contribution in [0.1, 0.15) is 0 Å². The molecule has 0 aliphatic rings. The van der Waals surface area contributed by atoms with Crippen LogP contribution in [0.3, 0.4) is 0 Å². The minimum atomic E-state index is -5.39. The summed E-state index contributed by atoms with van der Waals surface area (Å²) in [7, 11) is -10.8. The molecule has 0 spiro atoms. The second kappa shape index (κ2) is 193. The zero-order valence-corrected chi connectivity index (χ0v) is 35.8. The molecule has 0 fully saturated rings. The van der Waals surface area contributed by atoms with Gasteiger partial charge in [0, 0.05) is 105 Å². The van der Waals surface area contributed by atoms with Crippen molar-refractivity contribution in [2.75, 3.05) is 52.4 Å². The van der Waals surface area contributed by atoms with E-state index in [0.29, 0.717) is 0 Å². The molecular formula is C8H40Mo5N6O27P2-30. The topological polar surface area (TPSA) is 870 Å². The standard InChI is InChI=1S/2C4H13N3.5Mo.2H3O4P.4H2O.15O/c2*5-1-3-7-4-2-6;;;;;;2*1-5(2,3)4;;;;;;;;;;;;;;;;;;;/h2*7H,1-6H2;;;;;;2*(H3,1,2,3,4);4*1H2;;;;;;;;;;;;;;;/q;;;;;;;;;;;;;15*-2. The summed E-state index contributed by atoms with van der Waals surface area (Å²) >= 11 is 0. The van der Waals surface area contributed by atoms with E-state index in [-0.39, 0.29) is 209 Å². The monoisotopic (exact) mass is 1200 g/mol. The van der Waals surface area contributed by atoms with Crippen molar-refractivity contribution in [3.63, 3.8) is 0 Å². The largest absolute Gasteiger partial charge is 2.00 e. The first kappa shape index (κ1) is 243. The van der Waals surface area contributed by atoms with Gasteiger partial charge >= 0.3 is 0 Å². The van der Waals surface area contributed by atoms with Crippen LogP contribution in [0.25, 0.3) is 0 Å². The van der Waals surface area contributed by atoms with E-state index >= 15 is 0 Å². The molecular weight excluding hydrogens is 1150 g/mol. The van der Waals surface area contributed by atoms with Gasteiger partial charge in [-0.05, 0) is 0 Å². The molecule has 0 atom stereocenters. The first-order valence-electron chi connectivity index (χ1n) is 7.09. The Balaban J connectivity index is -0.00000000368. The fraction of sp³-hybridized carbons (Fsp3) is 1.00. The van der Waals surface area contributed by atoms with Crippen LogP contribution in [0.2, 0.25) is 0 Å². The Hall–Kier alpha value is 2.66. The van der Waals surface area contributed by atoms with Gasteiger partial charge in [0.05, 0.1) is 0 Å². The fourth-order valence-corrected chi connectivity index (χ4v) is 0.866. The van der Waals surface area contributed by atoms with Crippen molar-refractivity contribution in [1.29, 1.82) is 0 Å². The van der Waals surface area contributed by atoms with Gasteiger partial charge in [0.2, 0.25) is 0 Å². The molecule has 0 amide bonds. The maximum atomic E-state index is 8.55. The van der Waals surface area contributed by atoms with Crippen molar-refractivity contribution in [3.05, 3.63) is 0 Å². The van der Waals surface area contributed by atoms with Crippen LogP contribution >= 0.6 is 15.6 Å². The molecule has 0 aliphatic heterocycles. The van der Waals surface area contributed by atoms with Crippen LogP contribution in [0.15, 0.2) is 0 Å². The number of hydrogen-bond acceptors (Lipinski definition) is 8. The van der Waals surface area contributed by atoms with Crippen LogP contribution in [-0.2, 0) is 197 Å². The van der Waals surface area contributed by atoms with Gasteiger partial charge in [0.25, 0.3) is 0 Å². The van der Waals surface area contributed by atoms with Gasteiger partial charge in [-0.3, -0.25) is 0 Å². The third-order valence-electron chi connectivity index (χ3n) is 1.63. The maximum absolute atomic E-state index is 8.55. The van der Waals surface area contributed by atoms with Crippen LogP contribution < -0.4 is 62.9 Å². The van der Waals surface area contributed by atoms with E-state index in [0.717, 1.165) is 52.4 Å². The molecule has 24 N–H and O–H groups in total. The summed E-state index contributed by atoms with van der Waals surface area (Å²) in [5.41, 5.74) is 14.8. The van der Waals surface area contributed by atoms with Crippen LogP contribution in [-0.4, -0.2) is 74.3 Å². The Morgan fingerprint density at radius 2 is 0.396 bits per heavy atom. The molecule has 0 aliphatic carbocycles. The zero-order valence-electron chi connectivity index (χ0n) is 24.0. The molecule has 0 heterocycles. The Labute approximate surface area is 347 Å². The van der Waals surface area contributed by atoms with E-state index in [2.05, 4.69) is 33.6 Å². The second-order valence-electron chi connectivity index (χ2n) is 4.04. The average molecular weight is 1190 g/mol. The summed E-state index contributed by atoms with van der Waals surface area (Å²) in [5, 5.41) is 4.47. The van der Waals surface area contributed by atoms with Crippen molar-refractivity contribution in [2.45, 2.75) is 0 Å². The predicted octanol–water partition coefficient (Wildman–Crippen LogP) is -18.7. The molecule has 0 aromatic carbocycles. The zero-order chi connectivity index (χ0) is 20.1. The summed E-state index contributed by atoms with van der Waals surface area (Å²) < 4.78 is 17.1. The molecule has 48 heavy (non-hydrogen) atoms. The molecule has 0 saturated carbocycles. The second-order valence-corrected chi connectivity index (χ2v) is 5.83. The van der Waals surface area contributed by atoms with E-state index in [9.17, 15) is 0 Å². The fourth-order valence-electron chi connectivity index (χ4n) is 0.866. The number of rotatable bonds is 8. The summed E-state index contributed by atoms with van der Waals surface area (Å²) in [4.78, 5) is 51.3. The number of hydrogen-bond donors (Lipinski definition) is 6. The summed E-state index contributed by atoms with van der Waals surface area (Å²) in [6.07, 6.45) is 0. The van der Waals surface area contributed by atoms with Crippen molar-refractivity contribution in [1.82, 2.24) is 0 Å². The molecule has 0 saturated heterocycles. The van der Waals surface area contributed by atoms with Crippen molar-refractivity contribution < 1.29 is 281 Å². The Bertz CT molecular complexity index is 302. The molecule has 0 unspecified atom stereocenters. The number of quaternary nitrogens is 6. The number of phosphoric acid groups is 2. The minimum Gasteiger partial charge on any atom is -2.00 e. The van der Waals surface area contributed by atoms with E-state index in [1.807, 2.05) is 0 Å². The van der Waals surface area contributed by atoms with Crippen molar-refractivity contribution >= 4 is 15.6 Å². The number of nitrogens with two attached hydrogens (primary N) is 2. The molecule has 0 radical (unpaired) electrons. The predicted molar refractivity (Wildman–Crippen MR) is 94.3 cm³/mol. The Morgan fingerprint density at radius 3 is 0.438 bits per heavy atom. The quantitative estimate of drug-likeness (QED) is 0.0768. The average Bonchev–Trinajstić information content (AvgIpc) is 2.37. The van der Waals surface area contributed by atoms with Gasteiger partial charge in [-0.15, -0.1) is 0 Å². The summed E-state index contributed by atoms with van der Waals surface area (Å²) in [6.45, 7) is 8.70. The van der Waals surface area contributed by atoms with Gasteiger partial charge in [-0.1, -0.05) is 0 Å². The van der Waals surface area contributed by atoms with E-state index in [4.69, 9.17) is 38.5 Å². The Kier molecular flexibility index (Phi) is 980. The molecule has 0 aromatic heterocycles. The third kappa shape index (κ3) is 972. The molecule has 0 aromatic rings. The van der Waals surface area contributed by atoms with Gasteiger partial charge in [0.15, 0.2) is 0 Å². The first-order chi connectivity index (χ1) is 10.8. The van der Waals surface area contributed by atoms with Gasteiger partial charge < -0.3 is 176 Å². The van der Waals surface area contributed by atoms with Crippen LogP contribution in [0.4, 0.5) is 0 Å².